The SMILES string of the molecule is COc1ccc(NC(=O)Nc2cnc(Oc3ccccc3)nc2)c(C)c1. The van der Waals surface area contributed by atoms with E-state index in [0.717, 1.165) is 11.3 Å². The van der Waals surface area contributed by atoms with Crippen molar-refractivity contribution in [2.24, 2.45) is 0 Å². The maximum atomic E-state index is 12.1. The Bertz CT molecular complexity index is 883. The zero-order chi connectivity index (χ0) is 18.4. The summed E-state index contributed by atoms with van der Waals surface area (Å²) in [5, 5.41) is 5.45. The van der Waals surface area contributed by atoms with Crippen LogP contribution in [-0.4, -0.2) is 23.1 Å². The molecule has 3 aromatic rings. The Kier molecular flexibility index (Phi) is 5.28. The molecule has 0 unspecified atom stereocenters. The lowest BCUT2D eigenvalue weighted by atomic mass is 10.2. The number of para-hydroxylation sites is 1. The van der Waals surface area contributed by atoms with Gasteiger partial charge in [-0.05, 0) is 42.8 Å². The molecule has 0 fully saturated rings. The number of hydrogen-bond donors (Lipinski definition) is 2. The van der Waals surface area contributed by atoms with Gasteiger partial charge in [-0.3, -0.25) is 0 Å². The van der Waals surface area contributed by atoms with Crippen molar-refractivity contribution in [2.75, 3.05) is 17.7 Å². The van der Waals surface area contributed by atoms with Gasteiger partial charge < -0.3 is 20.1 Å². The molecule has 0 saturated carbocycles. The number of nitrogens with zero attached hydrogens (tertiary/aromatic N) is 2. The molecule has 0 atom stereocenters. The smallest absolute Gasteiger partial charge is 0.323 e. The normalized spacial score (nSPS) is 10.1. The monoisotopic (exact) mass is 350 g/mol. The van der Waals surface area contributed by atoms with Gasteiger partial charge in [0.25, 0.3) is 0 Å². The molecule has 0 spiro atoms. The number of hydrogen-bond acceptors (Lipinski definition) is 5. The molecule has 0 radical (unpaired) electrons. The number of aromatic nitrogens is 2. The molecule has 132 valence electrons. The van der Waals surface area contributed by atoms with Crippen molar-refractivity contribution in [2.45, 2.75) is 6.92 Å². The number of nitrogens with one attached hydrogen (secondary N) is 2. The molecule has 2 N–H and O–H groups in total. The average Bonchev–Trinajstić information content (AvgIpc) is 2.66. The van der Waals surface area contributed by atoms with Crippen LogP contribution in [0, 0.1) is 6.92 Å². The maximum absolute atomic E-state index is 12.1. The topological polar surface area (TPSA) is 85.4 Å². The number of urea groups is 1. The minimum absolute atomic E-state index is 0.202. The number of aryl methyl sites for hydroxylation is 1. The molecule has 1 aromatic heterocycles. The first-order valence-electron chi connectivity index (χ1n) is 7.91. The summed E-state index contributed by atoms with van der Waals surface area (Å²) in [7, 11) is 1.60. The lowest BCUT2D eigenvalue weighted by molar-refractivity contribution is 0.262. The Morgan fingerprint density at radius 3 is 2.35 bits per heavy atom. The van der Waals surface area contributed by atoms with E-state index in [0.29, 0.717) is 17.1 Å². The highest BCUT2D eigenvalue weighted by atomic mass is 16.5. The molecule has 7 heteroatoms. The summed E-state index contributed by atoms with van der Waals surface area (Å²) in [5.41, 5.74) is 2.03. The molecule has 7 nitrogen and oxygen atoms in total. The van der Waals surface area contributed by atoms with Crippen LogP contribution in [0.4, 0.5) is 16.2 Å². The number of ether oxygens (including phenoxy) is 2. The number of methoxy groups -OCH3 is 1. The predicted molar refractivity (Wildman–Crippen MR) is 98.9 cm³/mol. The molecule has 0 saturated heterocycles. The van der Waals surface area contributed by atoms with Gasteiger partial charge in [-0.15, -0.1) is 0 Å². The predicted octanol–water partition coefficient (Wildman–Crippen LogP) is 4.23. The summed E-state index contributed by atoms with van der Waals surface area (Å²) in [6.45, 7) is 1.89. The molecule has 0 bridgehead atoms. The van der Waals surface area contributed by atoms with E-state index in [2.05, 4.69) is 20.6 Å². The Balaban J connectivity index is 1.59. The van der Waals surface area contributed by atoms with E-state index in [1.165, 1.54) is 12.4 Å². The van der Waals surface area contributed by atoms with Crippen LogP contribution in [0.1, 0.15) is 5.56 Å². The van der Waals surface area contributed by atoms with Crippen LogP contribution < -0.4 is 20.1 Å². The molecule has 26 heavy (non-hydrogen) atoms. The second-order valence-corrected chi connectivity index (χ2v) is 5.43. The number of carbonyl (C=O) groups excluding carboxylic acids is 1. The minimum atomic E-state index is -0.390. The van der Waals surface area contributed by atoms with Crippen molar-refractivity contribution in [1.29, 1.82) is 0 Å². The first-order valence-corrected chi connectivity index (χ1v) is 7.91. The Labute approximate surface area is 151 Å². The summed E-state index contributed by atoms with van der Waals surface area (Å²) in [6, 6.07) is 14.4. The highest BCUT2D eigenvalue weighted by molar-refractivity contribution is 6.00. The Hall–Kier alpha value is -3.61. The van der Waals surface area contributed by atoms with Gasteiger partial charge in [0.2, 0.25) is 0 Å². The summed E-state index contributed by atoms with van der Waals surface area (Å²) >= 11 is 0. The summed E-state index contributed by atoms with van der Waals surface area (Å²) < 4.78 is 10.7. The molecule has 0 aliphatic rings. The van der Waals surface area contributed by atoms with Crippen LogP contribution in [0.15, 0.2) is 60.9 Å². The second kappa shape index (κ2) is 7.98. The molecule has 1 heterocycles. The first kappa shape index (κ1) is 17.2. The fourth-order valence-corrected chi connectivity index (χ4v) is 2.22. The average molecular weight is 350 g/mol. The highest BCUT2D eigenvalue weighted by Gasteiger charge is 2.07. The van der Waals surface area contributed by atoms with Gasteiger partial charge in [-0.1, -0.05) is 18.2 Å². The fourth-order valence-electron chi connectivity index (χ4n) is 2.22. The van der Waals surface area contributed by atoms with Crippen molar-refractivity contribution in [3.63, 3.8) is 0 Å². The largest absolute Gasteiger partial charge is 0.497 e. The van der Waals surface area contributed by atoms with Crippen molar-refractivity contribution in [1.82, 2.24) is 9.97 Å². The molecule has 0 aliphatic carbocycles. The van der Waals surface area contributed by atoms with E-state index in [4.69, 9.17) is 9.47 Å². The van der Waals surface area contributed by atoms with Gasteiger partial charge in [-0.2, -0.15) is 0 Å². The third-order valence-corrected chi connectivity index (χ3v) is 3.52. The molecule has 3 rings (SSSR count). The van der Waals surface area contributed by atoms with Gasteiger partial charge >= 0.3 is 12.0 Å². The van der Waals surface area contributed by atoms with Crippen molar-refractivity contribution in [3.8, 4) is 17.5 Å². The minimum Gasteiger partial charge on any atom is -0.497 e. The van der Waals surface area contributed by atoms with Crippen LogP contribution in [0.25, 0.3) is 0 Å². The summed E-state index contributed by atoms with van der Waals surface area (Å²) in [6.07, 6.45) is 2.96. The van der Waals surface area contributed by atoms with Crippen LogP contribution in [-0.2, 0) is 0 Å². The fraction of sp³-hybridized carbons (Fsp3) is 0.105. The molecule has 2 amide bonds. The molecule has 2 aromatic carbocycles. The van der Waals surface area contributed by atoms with E-state index in [-0.39, 0.29) is 6.01 Å². The van der Waals surface area contributed by atoms with Crippen molar-refractivity contribution < 1.29 is 14.3 Å². The van der Waals surface area contributed by atoms with E-state index >= 15 is 0 Å². The Morgan fingerprint density at radius 1 is 0.962 bits per heavy atom. The second-order valence-electron chi connectivity index (χ2n) is 5.43. The standard InChI is InChI=1S/C19H18N4O3/c1-13-10-16(25-2)8-9-17(13)23-18(24)22-14-11-20-19(21-12-14)26-15-6-4-3-5-7-15/h3-12H,1-2H3,(H2,22,23,24). The summed E-state index contributed by atoms with van der Waals surface area (Å²) in [5.74, 6) is 1.37. The van der Waals surface area contributed by atoms with Crippen LogP contribution in [0.3, 0.4) is 0 Å². The molecular formula is C19H18N4O3. The van der Waals surface area contributed by atoms with Gasteiger partial charge in [0.15, 0.2) is 0 Å². The quantitative estimate of drug-likeness (QED) is 0.719. The number of amides is 2. The van der Waals surface area contributed by atoms with E-state index < -0.39 is 6.03 Å². The van der Waals surface area contributed by atoms with Gasteiger partial charge in [0.05, 0.1) is 25.2 Å². The number of anilines is 2. The third kappa shape index (κ3) is 4.47. The lowest BCUT2D eigenvalue weighted by Gasteiger charge is -2.11. The summed E-state index contributed by atoms with van der Waals surface area (Å²) in [4.78, 5) is 20.3. The first-order chi connectivity index (χ1) is 12.6. The highest BCUT2D eigenvalue weighted by Crippen LogP contribution is 2.21. The number of carbonyl (C=O) groups is 1. The molecule has 0 aliphatic heterocycles. The van der Waals surface area contributed by atoms with E-state index in [9.17, 15) is 4.79 Å². The van der Waals surface area contributed by atoms with Crippen LogP contribution >= 0.6 is 0 Å². The lowest BCUT2D eigenvalue weighted by Crippen LogP contribution is -2.20. The van der Waals surface area contributed by atoms with Crippen LogP contribution in [0.5, 0.6) is 17.5 Å². The zero-order valence-electron chi connectivity index (χ0n) is 14.4. The number of benzene rings is 2. The van der Waals surface area contributed by atoms with Gasteiger partial charge in [-0.25, -0.2) is 14.8 Å². The van der Waals surface area contributed by atoms with Gasteiger partial charge in [0.1, 0.15) is 11.5 Å². The van der Waals surface area contributed by atoms with E-state index in [1.807, 2.05) is 31.2 Å². The van der Waals surface area contributed by atoms with E-state index in [1.54, 1.807) is 31.4 Å². The van der Waals surface area contributed by atoms with Crippen molar-refractivity contribution >= 4 is 17.4 Å². The van der Waals surface area contributed by atoms with Gasteiger partial charge in [0, 0.05) is 5.69 Å². The van der Waals surface area contributed by atoms with Crippen molar-refractivity contribution in [3.05, 3.63) is 66.5 Å². The third-order valence-electron chi connectivity index (χ3n) is 3.52. The number of rotatable bonds is 5. The molecular weight excluding hydrogens is 332 g/mol. The zero-order valence-corrected chi connectivity index (χ0v) is 14.4. The Morgan fingerprint density at radius 2 is 1.69 bits per heavy atom. The maximum Gasteiger partial charge on any atom is 0.323 e. The van der Waals surface area contributed by atoms with Crippen LogP contribution in [0.2, 0.25) is 0 Å².